The maximum absolute atomic E-state index is 12.2. The molecule has 1 amide bonds. The van der Waals surface area contributed by atoms with Gasteiger partial charge in [0.2, 0.25) is 5.91 Å². The summed E-state index contributed by atoms with van der Waals surface area (Å²) < 4.78 is 0. The maximum atomic E-state index is 12.2. The van der Waals surface area contributed by atoms with E-state index in [1.807, 2.05) is 6.92 Å². The number of phenols is 1. The number of aromatic hydroxyl groups is 1. The summed E-state index contributed by atoms with van der Waals surface area (Å²) in [6, 6.07) is 11.3. The van der Waals surface area contributed by atoms with Crippen molar-refractivity contribution in [2.24, 2.45) is 0 Å². The van der Waals surface area contributed by atoms with Crippen molar-refractivity contribution in [3.05, 3.63) is 63.4 Å². The quantitative estimate of drug-likeness (QED) is 0.565. The van der Waals surface area contributed by atoms with Crippen molar-refractivity contribution in [3.8, 4) is 17.0 Å². The highest BCUT2D eigenvalue weighted by Gasteiger charge is 2.11. The summed E-state index contributed by atoms with van der Waals surface area (Å²) in [5.41, 5.74) is 1.66. The number of aromatic amines is 1. The summed E-state index contributed by atoms with van der Waals surface area (Å²) in [6.45, 7) is 1.82. The number of benzene rings is 2. The van der Waals surface area contributed by atoms with Gasteiger partial charge in [-0.25, -0.2) is 0 Å². The number of nitrogens with one attached hydrogen (secondary N) is 2. The summed E-state index contributed by atoms with van der Waals surface area (Å²) in [5.74, 6) is -0.110. The van der Waals surface area contributed by atoms with Crippen LogP contribution in [0.15, 0.2) is 52.4 Å². The molecule has 0 radical (unpaired) electrons. The minimum atomic E-state index is -0.427. The van der Waals surface area contributed by atoms with Crippen LogP contribution in [0, 0.1) is 6.92 Å². The van der Waals surface area contributed by atoms with Crippen molar-refractivity contribution in [3.63, 3.8) is 0 Å². The lowest BCUT2D eigenvalue weighted by Gasteiger charge is -2.09. The van der Waals surface area contributed by atoms with Crippen LogP contribution < -0.4 is 10.9 Å². The number of thioether (sulfide) groups is 1. The maximum Gasteiger partial charge on any atom is 0.278 e. The number of hydrogen-bond donors (Lipinski definition) is 3. The van der Waals surface area contributed by atoms with Gasteiger partial charge < -0.3 is 10.4 Å². The molecular weight excluding hydrogens is 388 g/mol. The molecule has 3 aromatic rings. The third-order valence-corrected chi connectivity index (χ3v) is 4.97. The van der Waals surface area contributed by atoms with Crippen molar-refractivity contribution in [2.75, 3.05) is 11.1 Å². The molecule has 0 aliphatic rings. The van der Waals surface area contributed by atoms with Gasteiger partial charge in [-0.1, -0.05) is 29.4 Å². The highest BCUT2D eigenvalue weighted by molar-refractivity contribution is 7.99. The number of halogens is 1. The number of phenolic OH excluding ortho intramolecular Hbond substituents is 1. The monoisotopic (exact) mass is 402 g/mol. The number of H-pyrrole nitrogens is 1. The molecule has 0 aliphatic carbocycles. The fourth-order valence-electron chi connectivity index (χ4n) is 2.26. The number of amides is 1. The number of aromatic nitrogens is 3. The van der Waals surface area contributed by atoms with Crippen molar-refractivity contribution in [2.45, 2.75) is 12.1 Å². The van der Waals surface area contributed by atoms with Gasteiger partial charge in [-0.2, -0.15) is 0 Å². The van der Waals surface area contributed by atoms with Gasteiger partial charge >= 0.3 is 0 Å². The van der Waals surface area contributed by atoms with Crippen LogP contribution in [0.1, 0.15) is 5.56 Å². The summed E-state index contributed by atoms with van der Waals surface area (Å²) in [4.78, 5) is 26.9. The minimum Gasteiger partial charge on any atom is -0.508 e. The largest absolute Gasteiger partial charge is 0.508 e. The Morgan fingerprint density at radius 2 is 1.96 bits per heavy atom. The van der Waals surface area contributed by atoms with Gasteiger partial charge in [-0.3, -0.25) is 14.6 Å². The van der Waals surface area contributed by atoms with Gasteiger partial charge in [0.05, 0.1) is 5.75 Å². The first kappa shape index (κ1) is 18.9. The number of hydrogen-bond acceptors (Lipinski definition) is 6. The topological polar surface area (TPSA) is 108 Å². The molecular formula is C18H15ClN4O3S. The zero-order chi connectivity index (χ0) is 19.4. The van der Waals surface area contributed by atoms with Crippen LogP contribution in [0.3, 0.4) is 0 Å². The van der Waals surface area contributed by atoms with Gasteiger partial charge in [0.1, 0.15) is 5.75 Å². The minimum absolute atomic E-state index is 0.0507. The summed E-state index contributed by atoms with van der Waals surface area (Å²) in [6.07, 6.45) is 0. The SMILES string of the molecule is Cc1c(Cl)cccc1NC(=O)CSc1nnc(-c2ccc(O)cc2)c(=O)[nH]1. The van der Waals surface area contributed by atoms with Crippen molar-refractivity contribution < 1.29 is 9.90 Å². The second-order valence-corrected chi connectivity index (χ2v) is 6.98. The number of carbonyl (C=O) groups excluding carboxylic acids is 1. The van der Waals surface area contributed by atoms with E-state index >= 15 is 0 Å². The Morgan fingerprint density at radius 3 is 2.67 bits per heavy atom. The lowest BCUT2D eigenvalue weighted by molar-refractivity contribution is -0.113. The van der Waals surface area contributed by atoms with E-state index in [1.54, 1.807) is 30.3 Å². The molecule has 0 saturated heterocycles. The standard InChI is InChI=1S/C18H15ClN4O3S/c1-10-13(19)3-2-4-14(10)20-15(25)9-27-18-21-17(26)16(22-23-18)11-5-7-12(24)8-6-11/h2-8,24H,9H2,1H3,(H,20,25)(H,21,23,26). The molecule has 1 aromatic heterocycles. The predicted octanol–water partition coefficient (Wildman–Crippen LogP) is 3.23. The van der Waals surface area contributed by atoms with Gasteiger partial charge in [-0.05, 0) is 48.9 Å². The Labute approximate surface area is 163 Å². The molecule has 0 atom stereocenters. The zero-order valence-electron chi connectivity index (χ0n) is 14.2. The first-order chi connectivity index (χ1) is 12.9. The van der Waals surface area contributed by atoms with Crippen LogP contribution >= 0.6 is 23.4 Å². The van der Waals surface area contributed by atoms with E-state index in [4.69, 9.17) is 11.6 Å². The lowest BCUT2D eigenvalue weighted by atomic mass is 10.1. The van der Waals surface area contributed by atoms with E-state index in [0.717, 1.165) is 17.3 Å². The van der Waals surface area contributed by atoms with Crippen molar-refractivity contribution >= 4 is 35.0 Å². The van der Waals surface area contributed by atoms with Crippen LogP contribution in [0.25, 0.3) is 11.3 Å². The molecule has 0 aliphatic heterocycles. The molecule has 0 fully saturated rings. The Bertz CT molecular complexity index is 1040. The average Bonchev–Trinajstić information content (AvgIpc) is 2.65. The fourth-order valence-corrected chi connectivity index (χ4v) is 3.04. The number of rotatable bonds is 5. The molecule has 0 bridgehead atoms. The molecule has 0 unspecified atom stereocenters. The Kier molecular flexibility index (Phi) is 5.78. The smallest absolute Gasteiger partial charge is 0.278 e. The van der Waals surface area contributed by atoms with Crippen LogP contribution in [-0.2, 0) is 4.79 Å². The van der Waals surface area contributed by atoms with Gasteiger partial charge in [0.25, 0.3) is 5.56 Å². The summed E-state index contributed by atoms with van der Waals surface area (Å²) in [7, 11) is 0. The zero-order valence-corrected chi connectivity index (χ0v) is 15.8. The molecule has 138 valence electrons. The van der Waals surface area contributed by atoms with Crippen LogP contribution in [0.4, 0.5) is 5.69 Å². The Balaban J connectivity index is 1.65. The molecule has 1 heterocycles. The highest BCUT2D eigenvalue weighted by atomic mass is 35.5. The molecule has 0 saturated carbocycles. The highest BCUT2D eigenvalue weighted by Crippen LogP contribution is 2.23. The number of carbonyl (C=O) groups is 1. The second-order valence-electron chi connectivity index (χ2n) is 5.60. The van der Waals surface area contributed by atoms with Gasteiger partial charge in [-0.15, -0.1) is 10.2 Å². The van der Waals surface area contributed by atoms with Crippen molar-refractivity contribution in [1.29, 1.82) is 0 Å². The number of nitrogens with zero attached hydrogens (tertiary/aromatic N) is 2. The van der Waals surface area contributed by atoms with Crippen LogP contribution in [-0.4, -0.2) is 31.9 Å². The molecule has 27 heavy (non-hydrogen) atoms. The third kappa shape index (κ3) is 4.66. The van der Waals surface area contributed by atoms with E-state index in [1.165, 1.54) is 12.1 Å². The van der Waals surface area contributed by atoms with Crippen molar-refractivity contribution in [1.82, 2.24) is 15.2 Å². The molecule has 7 nitrogen and oxygen atoms in total. The van der Waals surface area contributed by atoms with Crippen LogP contribution in [0.2, 0.25) is 5.02 Å². The van der Waals surface area contributed by atoms with E-state index in [2.05, 4.69) is 20.5 Å². The average molecular weight is 403 g/mol. The molecule has 3 N–H and O–H groups in total. The first-order valence-corrected chi connectivity index (χ1v) is 9.24. The van der Waals surface area contributed by atoms with E-state index in [0.29, 0.717) is 16.3 Å². The fraction of sp³-hybridized carbons (Fsp3) is 0.111. The second kappa shape index (κ2) is 8.24. The van der Waals surface area contributed by atoms with Gasteiger partial charge in [0, 0.05) is 16.3 Å². The Morgan fingerprint density at radius 1 is 1.22 bits per heavy atom. The molecule has 0 spiro atoms. The number of anilines is 1. The van der Waals surface area contributed by atoms with Gasteiger partial charge in [0.15, 0.2) is 10.9 Å². The summed E-state index contributed by atoms with van der Waals surface area (Å²) in [5, 5.41) is 20.7. The molecule has 3 rings (SSSR count). The molecule has 9 heteroatoms. The van der Waals surface area contributed by atoms with Crippen LogP contribution in [0.5, 0.6) is 5.75 Å². The lowest BCUT2D eigenvalue weighted by Crippen LogP contribution is -2.17. The molecule has 2 aromatic carbocycles. The van der Waals surface area contributed by atoms with E-state index < -0.39 is 5.56 Å². The van der Waals surface area contributed by atoms with E-state index in [9.17, 15) is 14.7 Å². The third-order valence-electron chi connectivity index (χ3n) is 3.70. The Hall–Kier alpha value is -2.84. The summed E-state index contributed by atoms with van der Waals surface area (Å²) >= 11 is 7.10. The predicted molar refractivity (Wildman–Crippen MR) is 105 cm³/mol. The van der Waals surface area contributed by atoms with E-state index in [-0.39, 0.29) is 28.3 Å². The first-order valence-electron chi connectivity index (χ1n) is 7.88. The normalized spacial score (nSPS) is 10.6.